The predicted molar refractivity (Wildman–Crippen MR) is 93.2 cm³/mol. The van der Waals surface area contributed by atoms with Crippen molar-refractivity contribution in [3.63, 3.8) is 0 Å². The van der Waals surface area contributed by atoms with E-state index in [0.717, 1.165) is 27.0 Å². The smallest absolute Gasteiger partial charge is 0.115 e. The number of fused-ring (bicyclic) bond motifs is 1. The molecule has 21 heavy (non-hydrogen) atoms. The van der Waals surface area contributed by atoms with Gasteiger partial charge in [0.15, 0.2) is 0 Å². The van der Waals surface area contributed by atoms with Crippen molar-refractivity contribution in [1.29, 1.82) is 0 Å². The summed E-state index contributed by atoms with van der Waals surface area (Å²) in [7, 11) is 0. The first-order valence-electron chi connectivity index (χ1n) is 6.28. The maximum Gasteiger partial charge on any atom is 0.115 e. The van der Waals surface area contributed by atoms with Crippen LogP contribution in [0.5, 0.6) is 0 Å². The number of aryl methyl sites for hydroxylation is 1. The molecule has 0 unspecified atom stereocenters. The Morgan fingerprint density at radius 3 is 2.62 bits per heavy atom. The Hall–Kier alpha value is -0.740. The Labute approximate surface area is 145 Å². The molecule has 0 aliphatic carbocycles. The minimum Gasteiger partial charge on any atom is -0.295 e. The number of benzene rings is 2. The summed E-state index contributed by atoms with van der Waals surface area (Å²) in [5.74, 6) is 1.36. The molecule has 0 N–H and O–H groups in total. The highest BCUT2D eigenvalue weighted by molar-refractivity contribution is 9.10. The van der Waals surface area contributed by atoms with Crippen LogP contribution in [0.15, 0.2) is 40.9 Å². The summed E-state index contributed by atoms with van der Waals surface area (Å²) >= 11 is 21.8. The lowest BCUT2D eigenvalue weighted by Gasteiger charge is -2.11. The summed E-state index contributed by atoms with van der Waals surface area (Å²) in [6.07, 6.45) is 0.653. The first-order valence-corrected chi connectivity index (χ1v) is 8.37. The quantitative estimate of drug-likeness (QED) is 0.499. The third-order valence-corrected chi connectivity index (χ3v) is 4.37. The van der Waals surface area contributed by atoms with Gasteiger partial charge < -0.3 is 0 Å². The number of halogens is 4. The van der Waals surface area contributed by atoms with E-state index in [1.165, 1.54) is 0 Å². The zero-order chi connectivity index (χ0) is 15.0. The lowest BCUT2D eigenvalue weighted by Crippen LogP contribution is -2.02. The topological polar surface area (TPSA) is 17.8 Å². The summed E-state index contributed by atoms with van der Waals surface area (Å²) in [4.78, 5) is 4.63. The molecule has 2 nitrogen and oxygen atoms in total. The van der Waals surface area contributed by atoms with Crippen molar-refractivity contribution in [3.8, 4) is 5.69 Å². The van der Waals surface area contributed by atoms with Crippen molar-refractivity contribution in [3.05, 3.63) is 56.7 Å². The van der Waals surface area contributed by atoms with Crippen LogP contribution >= 0.6 is 50.7 Å². The number of aromatic nitrogens is 2. The highest BCUT2D eigenvalue weighted by atomic mass is 79.9. The summed E-state index contributed by atoms with van der Waals surface area (Å²) < 4.78 is 2.96. The van der Waals surface area contributed by atoms with E-state index in [-0.39, 0.29) is 0 Å². The second-order valence-electron chi connectivity index (χ2n) is 4.53. The zero-order valence-electron chi connectivity index (χ0n) is 10.8. The molecule has 3 rings (SSSR count). The molecule has 0 fully saturated rings. The number of rotatable bonds is 3. The lowest BCUT2D eigenvalue weighted by atomic mass is 10.2. The van der Waals surface area contributed by atoms with Gasteiger partial charge in [0.25, 0.3) is 0 Å². The molecule has 6 heteroatoms. The number of hydrogen-bond acceptors (Lipinski definition) is 1. The van der Waals surface area contributed by atoms with Crippen LogP contribution in [-0.2, 0) is 6.42 Å². The third-order valence-electron chi connectivity index (χ3n) is 3.15. The Morgan fingerprint density at radius 1 is 1.10 bits per heavy atom. The Bertz CT molecular complexity index is 814. The van der Waals surface area contributed by atoms with E-state index in [4.69, 9.17) is 34.8 Å². The van der Waals surface area contributed by atoms with Crippen molar-refractivity contribution in [2.45, 2.75) is 6.42 Å². The monoisotopic (exact) mass is 402 g/mol. The minimum absolute atomic E-state index is 0.491. The van der Waals surface area contributed by atoms with E-state index in [0.29, 0.717) is 22.3 Å². The van der Waals surface area contributed by atoms with Gasteiger partial charge in [0.2, 0.25) is 0 Å². The Balaban J connectivity index is 2.30. The third kappa shape index (κ3) is 2.93. The highest BCUT2D eigenvalue weighted by Gasteiger charge is 2.14. The highest BCUT2D eigenvalue weighted by Crippen LogP contribution is 2.30. The average molecular weight is 405 g/mol. The number of nitrogens with zero attached hydrogens (tertiary/aromatic N) is 2. The average Bonchev–Trinajstić information content (AvgIpc) is 2.76. The molecule has 0 saturated heterocycles. The van der Waals surface area contributed by atoms with Gasteiger partial charge in [0.05, 0.1) is 21.7 Å². The van der Waals surface area contributed by atoms with Crippen molar-refractivity contribution in [2.75, 3.05) is 5.88 Å². The van der Waals surface area contributed by atoms with Gasteiger partial charge in [-0.1, -0.05) is 39.1 Å². The lowest BCUT2D eigenvalue weighted by molar-refractivity contribution is 0.912. The molecule has 1 aromatic heterocycles. The molecule has 0 aliphatic rings. The molecule has 3 aromatic rings. The van der Waals surface area contributed by atoms with E-state index in [1.807, 2.05) is 41.0 Å². The van der Waals surface area contributed by atoms with E-state index < -0.39 is 0 Å². The van der Waals surface area contributed by atoms with Gasteiger partial charge in [0, 0.05) is 21.8 Å². The van der Waals surface area contributed by atoms with Gasteiger partial charge in [0.1, 0.15) is 5.82 Å². The van der Waals surface area contributed by atoms with Crippen LogP contribution in [0, 0.1) is 0 Å². The Kier molecular flexibility index (Phi) is 4.46. The zero-order valence-corrected chi connectivity index (χ0v) is 14.6. The molecule has 108 valence electrons. The van der Waals surface area contributed by atoms with Crippen molar-refractivity contribution in [1.82, 2.24) is 9.55 Å². The molecular weight excluding hydrogens is 394 g/mol. The van der Waals surface area contributed by atoms with Crippen LogP contribution in [0.25, 0.3) is 16.7 Å². The minimum atomic E-state index is 0.491. The maximum absolute atomic E-state index is 6.39. The van der Waals surface area contributed by atoms with Gasteiger partial charge in [-0.3, -0.25) is 4.57 Å². The summed E-state index contributed by atoms with van der Waals surface area (Å²) in [5.41, 5.74) is 2.68. The number of hydrogen-bond donors (Lipinski definition) is 0. The largest absolute Gasteiger partial charge is 0.295 e. The van der Waals surface area contributed by atoms with Gasteiger partial charge in [-0.25, -0.2) is 4.98 Å². The van der Waals surface area contributed by atoms with Gasteiger partial charge in [-0.15, -0.1) is 11.6 Å². The van der Waals surface area contributed by atoms with E-state index in [1.54, 1.807) is 0 Å². The molecule has 0 atom stereocenters. The van der Waals surface area contributed by atoms with Crippen LogP contribution in [0.1, 0.15) is 5.82 Å². The maximum atomic E-state index is 6.39. The van der Waals surface area contributed by atoms with Crippen LogP contribution in [0.2, 0.25) is 10.0 Å². The van der Waals surface area contributed by atoms with E-state index in [9.17, 15) is 0 Å². The van der Waals surface area contributed by atoms with Crippen LogP contribution in [0.3, 0.4) is 0 Å². The summed E-state index contributed by atoms with van der Waals surface area (Å²) in [6, 6.07) is 11.4. The fraction of sp³-hybridized carbons (Fsp3) is 0.133. The second-order valence-corrected chi connectivity index (χ2v) is 6.67. The molecule has 0 aliphatic heterocycles. The summed E-state index contributed by atoms with van der Waals surface area (Å²) in [5, 5.41) is 1.31. The first-order chi connectivity index (χ1) is 10.1. The first kappa shape index (κ1) is 15.2. The predicted octanol–water partition coefficient (Wildman–Crippen LogP) is 5.88. The molecule has 0 spiro atoms. The molecule has 0 bridgehead atoms. The fourth-order valence-electron chi connectivity index (χ4n) is 2.29. The van der Waals surface area contributed by atoms with Crippen LogP contribution < -0.4 is 0 Å². The van der Waals surface area contributed by atoms with E-state index >= 15 is 0 Å². The molecular formula is C15H10BrCl3N2. The molecule has 0 radical (unpaired) electrons. The SMILES string of the molecule is ClCCc1nc2cc(Cl)ccc2n1-c1ccc(Br)cc1Cl. The van der Waals surface area contributed by atoms with Gasteiger partial charge in [-0.2, -0.15) is 0 Å². The van der Waals surface area contributed by atoms with Crippen LogP contribution in [0.4, 0.5) is 0 Å². The molecule has 1 heterocycles. The van der Waals surface area contributed by atoms with Gasteiger partial charge >= 0.3 is 0 Å². The molecule has 2 aromatic carbocycles. The standard InChI is InChI=1S/C15H10BrCl3N2/c16-9-1-3-13(11(19)7-9)21-14-4-2-10(18)8-12(14)20-15(21)5-6-17/h1-4,7-8H,5-6H2. The second kappa shape index (κ2) is 6.17. The number of alkyl halides is 1. The fourth-order valence-corrected chi connectivity index (χ4v) is 3.38. The Morgan fingerprint density at radius 2 is 1.90 bits per heavy atom. The van der Waals surface area contributed by atoms with E-state index in [2.05, 4.69) is 20.9 Å². The van der Waals surface area contributed by atoms with Crippen molar-refractivity contribution < 1.29 is 0 Å². The number of imidazole rings is 1. The van der Waals surface area contributed by atoms with Gasteiger partial charge in [-0.05, 0) is 36.4 Å². The van der Waals surface area contributed by atoms with Crippen molar-refractivity contribution in [2.24, 2.45) is 0 Å². The van der Waals surface area contributed by atoms with Crippen LogP contribution in [-0.4, -0.2) is 15.4 Å². The molecule has 0 saturated carbocycles. The van der Waals surface area contributed by atoms with Crippen molar-refractivity contribution >= 4 is 61.8 Å². The summed E-state index contributed by atoms with van der Waals surface area (Å²) in [6.45, 7) is 0. The normalized spacial score (nSPS) is 11.2. The molecule has 0 amide bonds.